The van der Waals surface area contributed by atoms with Gasteiger partial charge >= 0.3 is 0 Å². The average molecular weight is 277 g/mol. The summed E-state index contributed by atoms with van der Waals surface area (Å²) >= 11 is 12.1. The van der Waals surface area contributed by atoms with E-state index in [9.17, 15) is 4.79 Å². The SMILES string of the molecule is CC(C)C(NC(=O)c1sccc1Cl)C(N)=S. The van der Waals surface area contributed by atoms with E-state index in [2.05, 4.69) is 5.32 Å². The van der Waals surface area contributed by atoms with Gasteiger partial charge in [-0.15, -0.1) is 11.3 Å². The van der Waals surface area contributed by atoms with Gasteiger partial charge in [0, 0.05) is 0 Å². The van der Waals surface area contributed by atoms with E-state index in [-0.39, 0.29) is 22.9 Å². The number of thiocarbonyl (C=S) groups is 1. The molecule has 0 aromatic carbocycles. The van der Waals surface area contributed by atoms with E-state index in [0.717, 1.165) is 0 Å². The lowest BCUT2D eigenvalue weighted by atomic mass is 10.0. The normalized spacial score (nSPS) is 12.5. The van der Waals surface area contributed by atoms with Crippen LogP contribution in [0, 0.1) is 5.92 Å². The van der Waals surface area contributed by atoms with Gasteiger partial charge in [-0.25, -0.2) is 0 Å². The second-order valence-electron chi connectivity index (χ2n) is 3.70. The van der Waals surface area contributed by atoms with Crippen molar-refractivity contribution in [1.82, 2.24) is 5.32 Å². The summed E-state index contributed by atoms with van der Waals surface area (Å²) in [6.45, 7) is 3.89. The molecule has 1 unspecified atom stereocenters. The number of hydrogen-bond donors (Lipinski definition) is 2. The molecule has 0 radical (unpaired) electrons. The molecule has 6 heteroatoms. The molecular weight excluding hydrogens is 264 g/mol. The van der Waals surface area contributed by atoms with Gasteiger partial charge in [-0.1, -0.05) is 37.7 Å². The van der Waals surface area contributed by atoms with Gasteiger partial charge in [0.25, 0.3) is 5.91 Å². The van der Waals surface area contributed by atoms with Gasteiger partial charge in [0.1, 0.15) is 4.88 Å². The van der Waals surface area contributed by atoms with Crippen LogP contribution < -0.4 is 11.1 Å². The third-order valence-corrected chi connectivity index (χ3v) is 3.68. The summed E-state index contributed by atoms with van der Waals surface area (Å²) in [6, 6.07) is 1.38. The molecule has 88 valence electrons. The Hall–Kier alpha value is -0.650. The molecule has 0 saturated carbocycles. The molecule has 1 rings (SSSR count). The molecule has 1 amide bonds. The van der Waals surface area contributed by atoms with Crippen molar-refractivity contribution >= 4 is 46.1 Å². The van der Waals surface area contributed by atoms with Crippen molar-refractivity contribution in [3.63, 3.8) is 0 Å². The van der Waals surface area contributed by atoms with Gasteiger partial charge in [-0.3, -0.25) is 4.79 Å². The number of rotatable bonds is 4. The number of carbonyl (C=O) groups excluding carboxylic acids is 1. The molecule has 3 N–H and O–H groups in total. The summed E-state index contributed by atoms with van der Waals surface area (Å²) in [6.07, 6.45) is 0. The summed E-state index contributed by atoms with van der Waals surface area (Å²) in [5.74, 6) is -0.0771. The molecule has 0 saturated heterocycles. The summed E-state index contributed by atoms with van der Waals surface area (Å²) in [4.78, 5) is 12.6. The zero-order valence-electron chi connectivity index (χ0n) is 8.99. The first-order valence-electron chi connectivity index (χ1n) is 4.76. The number of nitrogens with one attached hydrogen (secondary N) is 1. The van der Waals surface area contributed by atoms with E-state index >= 15 is 0 Å². The van der Waals surface area contributed by atoms with Crippen LogP contribution in [0.4, 0.5) is 0 Å². The summed E-state index contributed by atoms with van der Waals surface area (Å²) in [7, 11) is 0. The summed E-state index contributed by atoms with van der Waals surface area (Å²) in [5, 5.41) is 5.00. The maximum atomic E-state index is 11.8. The van der Waals surface area contributed by atoms with Gasteiger partial charge in [-0.2, -0.15) is 0 Å². The Morgan fingerprint density at radius 2 is 2.25 bits per heavy atom. The minimum atomic E-state index is -0.305. The van der Waals surface area contributed by atoms with Crippen molar-refractivity contribution < 1.29 is 4.79 Å². The molecule has 0 aliphatic rings. The lowest BCUT2D eigenvalue weighted by molar-refractivity contribution is 0.0944. The van der Waals surface area contributed by atoms with Gasteiger partial charge in [-0.05, 0) is 17.4 Å². The Bertz CT molecular complexity index is 403. The molecule has 0 spiro atoms. The molecule has 1 atom stereocenters. The van der Waals surface area contributed by atoms with E-state index in [1.54, 1.807) is 11.4 Å². The summed E-state index contributed by atoms with van der Waals surface area (Å²) in [5.41, 5.74) is 5.56. The number of hydrogen-bond acceptors (Lipinski definition) is 3. The van der Waals surface area contributed by atoms with Crippen molar-refractivity contribution in [3.05, 3.63) is 21.3 Å². The van der Waals surface area contributed by atoms with Crippen LogP contribution >= 0.6 is 35.2 Å². The topological polar surface area (TPSA) is 55.1 Å². The lowest BCUT2D eigenvalue weighted by Gasteiger charge is -2.20. The minimum Gasteiger partial charge on any atom is -0.392 e. The second-order valence-corrected chi connectivity index (χ2v) is 5.49. The van der Waals surface area contributed by atoms with E-state index in [1.165, 1.54) is 11.3 Å². The quantitative estimate of drug-likeness (QED) is 0.831. The zero-order valence-corrected chi connectivity index (χ0v) is 11.4. The van der Waals surface area contributed by atoms with Crippen LogP contribution in [0.25, 0.3) is 0 Å². The molecule has 1 aromatic rings. The van der Waals surface area contributed by atoms with Crippen LogP contribution in [0.5, 0.6) is 0 Å². The highest BCUT2D eigenvalue weighted by Gasteiger charge is 2.21. The smallest absolute Gasteiger partial charge is 0.263 e. The van der Waals surface area contributed by atoms with E-state index in [1.807, 2.05) is 13.8 Å². The number of thiophene rings is 1. The largest absolute Gasteiger partial charge is 0.392 e. The monoisotopic (exact) mass is 276 g/mol. The standard InChI is InChI=1S/C10H13ClN2OS2/c1-5(2)7(9(12)15)13-10(14)8-6(11)3-4-16-8/h3-5,7H,1-2H3,(H2,12,15)(H,13,14). The Kier molecular flexibility index (Phi) is 4.70. The minimum absolute atomic E-state index is 0.153. The fourth-order valence-corrected chi connectivity index (χ4v) is 2.60. The fraction of sp³-hybridized carbons (Fsp3) is 0.400. The molecule has 1 heterocycles. The summed E-state index contributed by atoms with van der Waals surface area (Å²) < 4.78 is 0. The number of nitrogens with two attached hydrogens (primary N) is 1. The Morgan fingerprint density at radius 1 is 1.62 bits per heavy atom. The number of carbonyl (C=O) groups is 1. The molecule has 16 heavy (non-hydrogen) atoms. The number of halogens is 1. The van der Waals surface area contributed by atoms with Crippen LogP contribution in [0.15, 0.2) is 11.4 Å². The highest BCUT2D eigenvalue weighted by Crippen LogP contribution is 2.22. The maximum absolute atomic E-state index is 11.8. The Labute approximate surface area is 109 Å². The van der Waals surface area contributed by atoms with Gasteiger partial charge < -0.3 is 11.1 Å². The molecule has 0 fully saturated rings. The van der Waals surface area contributed by atoms with Crippen LogP contribution in [0.3, 0.4) is 0 Å². The van der Waals surface area contributed by atoms with Crippen LogP contribution in [-0.2, 0) is 0 Å². The number of amides is 1. The van der Waals surface area contributed by atoms with Crippen molar-refractivity contribution in [2.45, 2.75) is 19.9 Å². The fourth-order valence-electron chi connectivity index (χ4n) is 1.23. The van der Waals surface area contributed by atoms with E-state index < -0.39 is 0 Å². The first kappa shape index (κ1) is 13.4. The van der Waals surface area contributed by atoms with Crippen molar-refractivity contribution in [2.24, 2.45) is 11.7 Å². The first-order chi connectivity index (χ1) is 7.43. The van der Waals surface area contributed by atoms with Crippen molar-refractivity contribution in [3.8, 4) is 0 Å². The molecular formula is C10H13ClN2OS2. The predicted molar refractivity (Wildman–Crippen MR) is 72.2 cm³/mol. The van der Waals surface area contributed by atoms with Gasteiger partial charge in [0.05, 0.1) is 16.1 Å². The van der Waals surface area contributed by atoms with E-state index in [4.69, 9.17) is 29.6 Å². The molecule has 0 bridgehead atoms. The van der Waals surface area contributed by atoms with Crippen molar-refractivity contribution in [2.75, 3.05) is 0 Å². The van der Waals surface area contributed by atoms with Gasteiger partial charge in [0.2, 0.25) is 0 Å². The first-order valence-corrected chi connectivity index (χ1v) is 6.43. The zero-order chi connectivity index (χ0) is 12.3. The second kappa shape index (κ2) is 5.61. The average Bonchev–Trinajstić information content (AvgIpc) is 2.59. The van der Waals surface area contributed by atoms with Crippen LogP contribution in [0.1, 0.15) is 23.5 Å². The van der Waals surface area contributed by atoms with Crippen molar-refractivity contribution in [1.29, 1.82) is 0 Å². The lowest BCUT2D eigenvalue weighted by Crippen LogP contribution is -2.46. The Morgan fingerprint density at radius 3 is 2.62 bits per heavy atom. The van der Waals surface area contributed by atoms with Gasteiger partial charge in [0.15, 0.2) is 0 Å². The molecule has 0 aliphatic carbocycles. The maximum Gasteiger partial charge on any atom is 0.263 e. The third kappa shape index (κ3) is 3.17. The van der Waals surface area contributed by atoms with Crippen LogP contribution in [-0.4, -0.2) is 16.9 Å². The van der Waals surface area contributed by atoms with Crippen LogP contribution in [0.2, 0.25) is 5.02 Å². The highest BCUT2D eigenvalue weighted by atomic mass is 35.5. The molecule has 3 nitrogen and oxygen atoms in total. The predicted octanol–water partition coefficient (Wildman–Crippen LogP) is 2.44. The third-order valence-electron chi connectivity index (χ3n) is 2.08. The molecule has 1 aromatic heterocycles. The molecule has 0 aliphatic heterocycles. The highest BCUT2D eigenvalue weighted by molar-refractivity contribution is 7.80. The Balaban J connectivity index is 2.77. The van der Waals surface area contributed by atoms with E-state index in [0.29, 0.717) is 9.90 Å².